The standard InChI is InChI=1S/C25H30N6O6S.C22H23N3O6S2/c26-18(21(32)30-19(23(34)35)2-1-11-29-24(27)28)12-14-3-7-16(8-4-14)37-17-9-5-15(6-10-17)13-20-22(33)31-25(36)38-20;23-16(19(26)24-17(11-32)21(28)29)9-12-1-5-14(6-2-12)31-15-7-3-13(4-8-15)10-18-20(27)25-22(30)33-18/h3-10,18-20H,1-2,11-13,26H2,(H,30,32)(H,34,35)(H4,27,28,29)(H,31,33,36);1-8,16-18,32H,9-11,23H2,(H,24,26)(H,28,29)(H,25,27,30). The van der Waals surface area contributed by atoms with Crippen molar-refractivity contribution in [2.45, 2.75) is 73.2 Å². The Morgan fingerprint density at radius 2 is 0.958 bits per heavy atom. The normalized spacial score (nSPS) is 16.7. The van der Waals surface area contributed by atoms with Crippen molar-refractivity contribution in [3.63, 3.8) is 0 Å². The molecule has 2 fully saturated rings. The molecule has 0 radical (unpaired) electrons. The van der Waals surface area contributed by atoms with Crippen LogP contribution in [0.4, 0.5) is 9.59 Å². The molecule has 0 spiro atoms. The van der Waals surface area contributed by atoms with E-state index < -0.39 is 58.4 Å². The number of aliphatic imine (C=N–C) groups is 1. The molecule has 71 heavy (non-hydrogen) atoms. The molecule has 0 saturated carbocycles. The van der Waals surface area contributed by atoms with Crippen molar-refractivity contribution in [3.8, 4) is 23.0 Å². The number of imide groups is 2. The number of carboxylic acids is 2. The minimum Gasteiger partial charge on any atom is -0.480 e. The maximum absolute atomic E-state index is 12.4. The van der Waals surface area contributed by atoms with Crippen LogP contribution in [-0.4, -0.2) is 109 Å². The van der Waals surface area contributed by atoms with Gasteiger partial charge in [0.2, 0.25) is 23.6 Å². The van der Waals surface area contributed by atoms with Crippen LogP contribution in [0.3, 0.4) is 0 Å². The number of ether oxygens (including phenoxy) is 2. The molecule has 2 heterocycles. The smallest absolute Gasteiger partial charge is 0.327 e. The van der Waals surface area contributed by atoms with Crippen molar-refractivity contribution in [3.05, 3.63) is 119 Å². The number of thiol groups is 1. The van der Waals surface area contributed by atoms with E-state index in [4.69, 9.17) is 37.5 Å². The summed E-state index contributed by atoms with van der Waals surface area (Å²) in [7, 11) is 0. The maximum Gasteiger partial charge on any atom is 0.327 e. The van der Waals surface area contributed by atoms with E-state index in [1.807, 2.05) is 24.3 Å². The third-order valence-corrected chi connectivity index (χ3v) is 12.8. The van der Waals surface area contributed by atoms with Gasteiger partial charge in [0, 0.05) is 12.3 Å². The van der Waals surface area contributed by atoms with Gasteiger partial charge in [0.1, 0.15) is 35.1 Å². The molecule has 2 saturated heterocycles. The third kappa shape index (κ3) is 18.0. The average Bonchev–Trinajstić information content (AvgIpc) is 3.83. The molecular formula is C47H53N9O12S3. The number of rotatable bonds is 23. The number of hydrogen-bond acceptors (Lipinski definition) is 16. The van der Waals surface area contributed by atoms with Gasteiger partial charge in [0.15, 0.2) is 5.96 Å². The second-order valence-corrected chi connectivity index (χ2v) is 18.7. The Hall–Kier alpha value is -7.12. The molecule has 2 aliphatic heterocycles. The van der Waals surface area contributed by atoms with Crippen LogP contribution >= 0.6 is 36.2 Å². The summed E-state index contributed by atoms with van der Waals surface area (Å²) in [4.78, 5) is 96.8. The Kier molecular flexibility index (Phi) is 20.6. The molecule has 6 unspecified atom stereocenters. The fraction of sp³-hybridized carbons (Fsp3) is 0.298. The lowest BCUT2D eigenvalue weighted by atomic mass is 10.0. The molecule has 376 valence electrons. The molecule has 0 bridgehead atoms. The van der Waals surface area contributed by atoms with Gasteiger partial charge in [-0.1, -0.05) is 72.1 Å². The third-order valence-electron chi connectivity index (χ3n) is 10.5. The number of guanidine groups is 1. The van der Waals surface area contributed by atoms with E-state index in [2.05, 4.69) is 38.9 Å². The molecular weight excluding hydrogens is 979 g/mol. The quantitative estimate of drug-likeness (QED) is 0.0220. The molecule has 6 amide bonds. The van der Waals surface area contributed by atoms with Gasteiger partial charge in [-0.05, 0) is 109 Å². The minimum absolute atomic E-state index is 0.0324. The molecule has 0 aliphatic carbocycles. The van der Waals surface area contributed by atoms with Gasteiger partial charge in [0.05, 0.1) is 22.6 Å². The summed E-state index contributed by atoms with van der Waals surface area (Å²) >= 11 is 5.89. The van der Waals surface area contributed by atoms with E-state index in [1.54, 1.807) is 72.8 Å². The maximum atomic E-state index is 12.4. The van der Waals surface area contributed by atoms with Crippen molar-refractivity contribution in [2.24, 2.45) is 27.9 Å². The molecule has 21 nitrogen and oxygen atoms in total. The highest BCUT2D eigenvalue weighted by molar-refractivity contribution is 8.15. The fourth-order valence-electron chi connectivity index (χ4n) is 6.73. The lowest BCUT2D eigenvalue weighted by Gasteiger charge is -2.18. The summed E-state index contributed by atoms with van der Waals surface area (Å²) in [5.41, 5.74) is 25.8. The zero-order chi connectivity index (χ0) is 51.6. The van der Waals surface area contributed by atoms with Crippen molar-refractivity contribution >= 4 is 88.2 Å². The van der Waals surface area contributed by atoms with Gasteiger partial charge in [-0.2, -0.15) is 12.6 Å². The van der Waals surface area contributed by atoms with Crippen LogP contribution < -0.4 is 53.7 Å². The van der Waals surface area contributed by atoms with Gasteiger partial charge in [-0.3, -0.25) is 44.4 Å². The second kappa shape index (κ2) is 26.7. The first-order valence-corrected chi connectivity index (χ1v) is 24.2. The van der Waals surface area contributed by atoms with E-state index in [0.717, 1.165) is 45.8 Å². The van der Waals surface area contributed by atoms with Crippen LogP contribution in [0.5, 0.6) is 23.0 Å². The van der Waals surface area contributed by atoms with Crippen molar-refractivity contribution in [1.29, 1.82) is 0 Å². The summed E-state index contributed by atoms with van der Waals surface area (Å²) < 4.78 is 11.7. The second-order valence-electron chi connectivity index (χ2n) is 16.0. The van der Waals surface area contributed by atoms with Crippen LogP contribution in [0, 0.1) is 0 Å². The largest absolute Gasteiger partial charge is 0.480 e. The Morgan fingerprint density at radius 1 is 0.606 bits per heavy atom. The van der Waals surface area contributed by atoms with Crippen molar-refractivity contribution in [1.82, 2.24) is 21.3 Å². The number of carbonyl (C=O) groups is 8. The summed E-state index contributed by atoms with van der Waals surface area (Å²) in [6, 6.07) is 24.5. The zero-order valence-electron chi connectivity index (χ0n) is 37.9. The zero-order valence-corrected chi connectivity index (χ0v) is 40.4. The lowest BCUT2D eigenvalue weighted by molar-refractivity contribution is -0.142. The first kappa shape index (κ1) is 54.8. The predicted molar refractivity (Wildman–Crippen MR) is 269 cm³/mol. The molecule has 24 heteroatoms. The molecule has 6 rings (SSSR count). The highest BCUT2D eigenvalue weighted by Gasteiger charge is 2.32. The molecule has 4 aromatic carbocycles. The number of benzene rings is 4. The van der Waals surface area contributed by atoms with E-state index in [-0.39, 0.29) is 59.8 Å². The number of thioether (sulfide) groups is 2. The minimum atomic E-state index is -1.17. The summed E-state index contributed by atoms with van der Waals surface area (Å²) in [6.45, 7) is 0.257. The highest BCUT2D eigenvalue weighted by atomic mass is 32.2. The van der Waals surface area contributed by atoms with Gasteiger partial charge < -0.3 is 53.3 Å². The van der Waals surface area contributed by atoms with Gasteiger partial charge in [0.25, 0.3) is 10.5 Å². The number of carboxylic acid groups (broad SMARTS) is 2. The van der Waals surface area contributed by atoms with Gasteiger partial charge in [-0.25, -0.2) is 9.59 Å². The number of carbonyl (C=O) groups excluding carboxylic acids is 6. The summed E-state index contributed by atoms with van der Waals surface area (Å²) in [6.07, 6.45) is 1.87. The Bertz CT molecular complexity index is 2570. The van der Waals surface area contributed by atoms with E-state index in [1.165, 1.54) is 0 Å². The number of nitrogens with two attached hydrogens (primary N) is 4. The van der Waals surface area contributed by atoms with E-state index in [9.17, 15) is 43.5 Å². The number of aliphatic carboxylic acids is 2. The van der Waals surface area contributed by atoms with E-state index in [0.29, 0.717) is 42.3 Å². The number of hydrogen-bond donors (Lipinski definition) is 11. The SMILES string of the molecule is NC(Cc1ccc(Oc2ccc(CC3SC(=O)NC3=O)cc2)cc1)C(=O)NC(CS)C(=O)O.NC(N)=NCCCC(NC(=O)C(N)Cc1ccc(Oc2ccc(CC3SC(=O)NC3=O)cc2)cc1)C(=O)O. The van der Waals surface area contributed by atoms with Gasteiger partial charge >= 0.3 is 11.9 Å². The van der Waals surface area contributed by atoms with Crippen molar-refractivity contribution < 1.29 is 58.0 Å². The summed E-state index contributed by atoms with van der Waals surface area (Å²) in [5, 5.41) is 26.2. The molecule has 4 aromatic rings. The Morgan fingerprint density at radius 3 is 1.27 bits per heavy atom. The Balaban J connectivity index is 0.000000267. The van der Waals surface area contributed by atoms with Crippen LogP contribution in [0.15, 0.2) is 102 Å². The number of nitrogens with one attached hydrogen (secondary N) is 4. The molecule has 2 aliphatic rings. The lowest BCUT2D eigenvalue weighted by Crippen LogP contribution is -2.50. The Labute approximate surface area is 421 Å². The van der Waals surface area contributed by atoms with Crippen LogP contribution in [0.25, 0.3) is 0 Å². The van der Waals surface area contributed by atoms with Crippen LogP contribution in [0.1, 0.15) is 35.1 Å². The predicted octanol–water partition coefficient (Wildman–Crippen LogP) is 2.61. The first-order chi connectivity index (χ1) is 33.8. The average molecular weight is 1030 g/mol. The topological polar surface area (TPSA) is 360 Å². The fourth-order valence-corrected chi connectivity index (χ4v) is 8.69. The summed E-state index contributed by atoms with van der Waals surface area (Å²) in [5.74, 6) is -1.77. The number of amides is 6. The molecule has 14 N–H and O–H groups in total. The van der Waals surface area contributed by atoms with Crippen LogP contribution in [0.2, 0.25) is 0 Å². The van der Waals surface area contributed by atoms with Gasteiger partial charge in [-0.15, -0.1) is 0 Å². The van der Waals surface area contributed by atoms with Crippen molar-refractivity contribution in [2.75, 3.05) is 12.3 Å². The molecule has 6 atom stereocenters. The highest BCUT2D eigenvalue weighted by Crippen LogP contribution is 2.28. The van der Waals surface area contributed by atoms with E-state index >= 15 is 0 Å². The molecule has 0 aromatic heterocycles. The monoisotopic (exact) mass is 1030 g/mol. The van der Waals surface area contributed by atoms with Crippen LogP contribution in [-0.2, 0) is 54.5 Å². The first-order valence-electron chi connectivity index (χ1n) is 21.8. The number of nitrogens with zero attached hydrogens (tertiary/aromatic N) is 1.